The van der Waals surface area contributed by atoms with E-state index >= 15 is 0 Å². The van der Waals surface area contributed by atoms with Crippen molar-refractivity contribution < 1.29 is 17.6 Å². The first-order valence-corrected chi connectivity index (χ1v) is 8.21. The number of hydrazine groups is 1. The Labute approximate surface area is 150 Å². The molecule has 0 aromatic heterocycles. The van der Waals surface area contributed by atoms with Gasteiger partial charge in [-0.1, -0.05) is 28.1 Å². The quantitative estimate of drug-likeness (QED) is 0.716. The minimum Gasteiger partial charge on any atom is -0.367 e. The lowest BCUT2D eigenvalue weighted by Crippen LogP contribution is -2.36. The summed E-state index contributed by atoms with van der Waals surface area (Å²) in [5, 5.41) is 4.73. The SMILES string of the molecule is Fc1ccc(CNC2=CCN(c3ccc(Br)c(C(F)(F)F)c3)N2)cc1. The average Bonchev–Trinajstić information content (AvgIpc) is 3.03. The summed E-state index contributed by atoms with van der Waals surface area (Å²) in [6, 6.07) is 10.2. The highest BCUT2D eigenvalue weighted by Crippen LogP contribution is 2.37. The summed E-state index contributed by atoms with van der Waals surface area (Å²) in [5.74, 6) is 0.379. The summed E-state index contributed by atoms with van der Waals surface area (Å²) in [6.45, 7) is 0.895. The van der Waals surface area contributed by atoms with E-state index in [1.54, 1.807) is 23.2 Å². The molecule has 3 rings (SSSR count). The van der Waals surface area contributed by atoms with Crippen LogP contribution in [0, 0.1) is 5.82 Å². The number of hydrogen-bond acceptors (Lipinski definition) is 3. The Hall–Kier alpha value is -2.22. The van der Waals surface area contributed by atoms with Crippen molar-refractivity contribution in [3.8, 4) is 0 Å². The van der Waals surface area contributed by atoms with Gasteiger partial charge in [0.15, 0.2) is 0 Å². The zero-order valence-electron chi connectivity index (χ0n) is 12.9. The molecule has 1 aliphatic rings. The molecular weight excluding hydrogens is 402 g/mol. The third kappa shape index (κ3) is 4.25. The fraction of sp³-hybridized carbons (Fsp3) is 0.176. The number of benzene rings is 2. The van der Waals surface area contributed by atoms with Crippen molar-refractivity contribution in [2.75, 3.05) is 11.6 Å². The maximum atomic E-state index is 13.0. The van der Waals surface area contributed by atoms with Crippen LogP contribution in [-0.4, -0.2) is 6.54 Å². The van der Waals surface area contributed by atoms with Crippen LogP contribution >= 0.6 is 15.9 Å². The van der Waals surface area contributed by atoms with E-state index in [1.807, 2.05) is 6.08 Å². The van der Waals surface area contributed by atoms with E-state index < -0.39 is 11.7 Å². The molecule has 25 heavy (non-hydrogen) atoms. The zero-order chi connectivity index (χ0) is 18.0. The van der Waals surface area contributed by atoms with Gasteiger partial charge >= 0.3 is 6.18 Å². The molecule has 0 aliphatic carbocycles. The third-order valence-corrected chi connectivity index (χ3v) is 4.39. The fourth-order valence-electron chi connectivity index (χ4n) is 2.40. The van der Waals surface area contributed by atoms with Crippen molar-refractivity contribution in [2.45, 2.75) is 12.7 Å². The van der Waals surface area contributed by atoms with Crippen molar-refractivity contribution in [3.63, 3.8) is 0 Å². The van der Waals surface area contributed by atoms with Crippen molar-refractivity contribution >= 4 is 21.6 Å². The van der Waals surface area contributed by atoms with Gasteiger partial charge in [-0.25, -0.2) is 4.39 Å². The van der Waals surface area contributed by atoms with E-state index in [1.165, 1.54) is 18.2 Å². The smallest absolute Gasteiger partial charge is 0.367 e. The van der Waals surface area contributed by atoms with Gasteiger partial charge in [-0.3, -0.25) is 10.4 Å². The second-order valence-corrected chi connectivity index (χ2v) is 6.34. The van der Waals surface area contributed by atoms with Gasteiger partial charge < -0.3 is 5.32 Å². The monoisotopic (exact) mass is 415 g/mol. The number of rotatable bonds is 4. The summed E-state index contributed by atoms with van der Waals surface area (Å²) in [6.07, 6.45) is -2.59. The molecule has 0 atom stereocenters. The molecule has 0 spiro atoms. The second-order valence-electron chi connectivity index (χ2n) is 5.48. The van der Waals surface area contributed by atoms with Gasteiger partial charge in [-0.15, -0.1) is 0 Å². The van der Waals surface area contributed by atoms with Crippen LogP contribution in [0.5, 0.6) is 0 Å². The maximum Gasteiger partial charge on any atom is 0.417 e. The number of nitrogens with one attached hydrogen (secondary N) is 2. The topological polar surface area (TPSA) is 27.3 Å². The van der Waals surface area contributed by atoms with Crippen LogP contribution in [0.15, 0.2) is 58.8 Å². The molecule has 0 saturated heterocycles. The molecule has 132 valence electrons. The van der Waals surface area contributed by atoms with E-state index in [-0.39, 0.29) is 10.3 Å². The predicted molar refractivity (Wildman–Crippen MR) is 90.9 cm³/mol. The molecule has 0 fully saturated rings. The van der Waals surface area contributed by atoms with E-state index in [4.69, 9.17) is 0 Å². The van der Waals surface area contributed by atoms with Gasteiger partial charge in [-0.2, -0.15) is 13.2 Å². The minimum atomic E-state index is -4.42. The lowest BCUT2D eigenvalue weighted by atomic mass is 10.2. The summed E-state index contributed by atoms with van der Waals surface area (Å²) < 4.78 is 51.9. The molecule has 2 aromatic rings. The van der Waals surface area contributed by atoms with Gasteiger partial charge in [0.1, 0.15) is 11.6 Å². The summed E-state index contributed by atoms with van der Waals surface area (Å²) in [5.41, 5.74) is 3.59. The predicted octanol–water partition coefficient (Wildman–Crippen LogP) is 4.56. The second kappa shape index (κ2) is 6.95. The van der Waals surface area contributed by atoms with Crippen LogP contribution in [0.4, 0.5) is 23.2 Å². The molecule has 0 saturated carbocycles. The first-order chi connectivity index (χ1) is 11.8. The van der Waals surface area contributed by atoms with Crippen molar-refractivity contribution in [1.29, 1.82) is 0 Å². The number of anilines is 1. The molecule has 0 bridgehead atoms. The Kier molecular flexibility index (Phi) is 4.89. The summed E-state index contributed by atoms with van der Waals surface area (Å²) >= 11 is 2.93. The molecule has 0 unspecified atom stereocenters. The average molecular weight is 416 g/mol. The Balaban J connectivity index is 1.63. The van der Waals surface area contributed by atoms with Crippen LogP contribution in [0.25, 0.3) is 0 Å². The van der Waals surface area contributed by atoms with Crippen molar-refractivity contribution in [3.05, 3.63) is 75.8 Å². The molecule has 0 amide bonds. The molecule has 3 nitrogen and oxygen atoms in total. The highest BCUT2D eigenvalue weighted by atomic mass is 79.9. The number of alkyl halides is 3. The lowest BCUT2D eigenvalue weighted by molar-refractivity contribution is -0.138. The number of halogens is 5. The van der Waals surface area contributed by atoms with Crippen molar-refractivity contribution in [1.82, 2.24) is 10.7 Å². The highest BCUT2D eigenvalue weighted by Gasteiger charge is 2.33. The Morgan fingerprint density at radius 2 is 1.84 bits per heavy atom. The fourth-order valence-corrected chi connectivity index (χ4v) is 2.87. The van der Waals surface area contributed by atoms with Crippen LogP contribution in [0.2, 0.25) is 0 Å². The molecule has 1 heterocycles. The number of hydrogen-bond donors (Lipinski definition) is 2. The Morgan fingerprint density at radius 3 is 2.52 bits per heavy atom. The molecule has 2 aromatic carbocycles. The van der Waals surface area contributed by atoms with E-state index in [0.717, 1.165) is 11.6 Å². The summed E-state index contributed by atoms with van der Waals surface area (Å²) in [7, 11) is 0. The molecule has 8 heteroatoms. The first-order valence-electron chi connectivity index (χ1n) is 7.42. The first kappa shape index (κ1) is 17.6. The minimum absolute atomic E-state index is 0.00515. The molecule has 2 N–H and O–H groups in total. The van der Waals surface area contributed by atoms with Crippen molar-refractivity contribution in [2.24, 2.45) is 0 Å². The number of nitrogens with zero attached hydrogens (tertiary/aromatic N) is 1. The van der Waals surface area contributed by atoms with E-state index in [0.29, 0.717) is 24.6 Å². The Morgan fingerprint density at radius 1 is 1.12 bits per heavy atom. The van der Waals surface area contributed by atoms with Gasteiger partial charge in [0.25, 0.3) is 0 Å². The molecule has 0 radical (unpaired) electrons. The Bertz CT molecular complexity index is 787. The van der Waals surface area contributed by atoms with Crippen LogP contribution in [-0.2, 0) is 12.7 Å². The molecule has 1 aliphatic heterocycles. The van der Waals surface area contributed by atoms with Gasteiger partial charge in [0.2, 0.25) is 0 Å². The van der Waals surface area contributed by atoms with E-state index in [2.05, 4.69) is 26.7 Å². The van der Waals surface area contributed by atoms with Gasteiger partial charge in [0.05, 0.1) is 17.8 Å². The third-order valence-electron chi connectivity index (χ3n) is 3.70. The van der Waals surface area contributed by atoms with E-state index in [9.17, 15) is 17.6 Å². The standard InChI is InChI=1S/C17H14BrF4N3/c18-15-6-5-13(9-14(15)17(20,21)22)25-8-7-16(24-25)23-10-11-1-3-12(19)4-2-11/h1-7,9,23-24H,8,10H2. The van der Waals surface area contributed by atoms with Crippen LogP contribution in [0.3, 0.4) is 0 Å². The summed E-state index contributed by atoms with van der Waals surface area (Å²) in [4.78, 5) is 0. The highest BCUT2D eigenvalue weighted by molar-refractivity contribution is 9.10. The van der Waals surface area contributed by atoms with Crippen LogP contribution in [0.1, 0.15) is 11.1 Å². The maximum absolute atomic E-state index is 13.0. The van der Waals surface area contributed by atoms with Gasteiger partial charge in [-0.05, 0) is 42.0 Å². The largest absolute Gasteiger partial charge is 0.417 e. The van der Waals surface area contributed by atoms with Crippen LogP contribution < -0.4 is 15.8 Å². The molecular formula is C17H14BrF4N3. The normalized spacial score (nSPS) is 14.3. The lowest BCUT2D eigenvalue weighted by Gasteiger charge is -2.22. The zero-order valence-corrected chi connectivity index (χ0v) is 14.5. The van der Waals surface area contributed by atoms with Gasteiger partial charge in [0, 0.05) is 11.0 Å².